The monoisotopic (exact) mass is 542 g/mol. The largest absolute Gasteiger partial charge is 0.496 e. The van der Waals surface area contributed by atoms with Crippen LogP contribution in [0.4, 0.5) is 0 Å². The number of nitrogens with one attached hydrogen (secondary N) is 2. The van der Waals surface area contributed by atoms with Crippen molar-refractivity contribution in [1.29, 1.82) is 0 Å². The highest BCUT2D eigenvalue weighted by Crippen LogP contribution is 2.36. The lowest BCUT2D eigenvalue weighted by Gasteiger charge is -2.39. The Morgan fingerprint density at radius 3 is 2.77 bits per heavy atom. The van der Waals surface area contributed by atoms with E-state index in [4.69, 9.17) is 4.74 Å². The Morgan fingerprint density at radius 1 is 1.27 bits per heavy atom. The average molecular weight is 543 g/mol. The van der Waals surface area contributed by atoms with Crippen molar-refractivity contribution in [2.45, 2.75) is 31.7 Å². The van der Waals surface area contributed by atoms with Crippen molar-refractivity contribution in [2.24, 2.45) is 10.9 Å². The van der Waals surface area contributed by atoms with Crippen molar-refractivity contribution in [3.63, 3.8) is 0 Å². The quantitative estimate of drug-likeness (QED) is 0.302. The van der Waals surface area contributed by atoms with Gasteiger partial charge in [0.15, 0.2) is 5.96 Å². The van der Waals surface area contributed by atoms with Crippen molar-refractivity contribution < 1.29 is 4.74 Å². The zero-order valence-electron chi connectivity index (χ0n) is 18.4. The Labute approximate surface area is 202 Å². The minimum absolute atomic E-state index is 0. The lowest BCUT2D eigenvalue weighted by Crippen LogP contribution is -2.45. The number of halogens is 1. The molecule has 0 bridgehead atoms. The fourth-order valence-electron chi connectivity index (χ4n) is 4.26. The molecule has 0 spiro atoms. The zero-order valence-corrected chi connectivity index (χ0v) is 21.6. The molecule has 1 aromatic carbocycles. The van der Waals surface area contributed by atoms with Gasteiger partial charge in [0, 0.05) is 37.0 Å². The third-order valence-corrected chi connectivity index (χ3v) is 6.79. The summed E-state index contributed by atoms with van der Waals surface area (Å²) < 4.78 is 5.51. The predicted octanol–water partition coefficient (Wildman–Crippen LogP) is 4.73. The van der Waals surface area contributed by atoms with Gasteiger partial charge in [0.05, 0.1) is 7.11 Å². The van der Waals surface area contributed by atoms with Gasteiger partial charge in [-0.2, -0.15) is 0 Å². The first kappa shape index (κ1) is 24.9. The van der Waals surface area contributed by atoms with Crippen LogP contribution in [0.2, 0.25) is 0 Å². The lowest BCUT2D eigenvalue weighted by molar-refractivity contribution is 0.125. The van der Waals surface area contributed by atoms with E-state index in [1.807, 2.05) is 30.5 Å². The van der Waals surface area contributed by atoms with Crippen molar-refractivity contribution in [3.8, 4) is 5.75 Å². The molecule has 3 rings (SSSR count). The minimum atomic E-state index is 0. The van der Waals surface area contributed by atoms with Crippen LogP contribution in [-0.4, -0.2) is 51.7 Å². The van der Waals surface area contributed by atoms with E-state index in [1.165, 1.54) is 29.8 Å². The molecule has 7 heteroatoms. The van der Waals surface area contributed by atoms with Crippen LogP contribution in [0, 0.1) is 5.92 Å². The van der Waals surface area contributed by atoms with Crippen molar-refractivity contribution in [2.75, 3.05) is 40.8 Å². The summed E-state index contributed by atoms with van der Waals surface area (Å²) in [6.45, 7) is 5.11. The van der Waals surface area contributed by atoms with Crippen molar-refractivity contribution in [1.82, 2.24) is 15.5 Å². The van der Waals surface area contributed by atoms with Gasteiger partial charge in [-0.3, -0.25) is 9.89 Å². The van der Waals surface area contributed by atoms with E-state index in [2.05, 4.69) is 64.1 Å². The summed E-state index contributed by atoms with van der Waals surface area (Å²) >= 11 is 1.87. The van der Waals surface area contributed by atoms with Crippen LogP contribution in [0.3, 0.4) is 0 Å². The number of aliphatic imine (C=N–C) groups is 1. The van der Waals surface area contributed by atoms with Crippen LogP contribution in [0.25, 0.3) is 0 Å². The molecular formula is C23H35IN4OS. The van der Waals surface area contributed by atoms with E-state index in [9.17, 15) is 0 Å². The van der Waals surface area contributed by atoms with Crippen LogP contribution in [0.15, 0.2) is 46.8 Å². The fraction of sp³-hybridized carbons (Fsp3) is 0.522. The summed E-state index contributed by atoms with van der Waals surface area (Å²) in [5.41, 5.74) is 1.21. The molecule has 1 fully saturated rings. The Bertz CT molecular complexity index is 783. The van der Waals surface area contributed by atoms with Gasteiger partial charge < -0.3 is 15.4 Å². The summed E-state index contributed by atoms with van der Waals surface area (Å²) in [6, 6.07) is 13.1. The molecule has 0 saturated carbocycles. The molecule has 3 atom stereocenters. The normalized spacial score (nSPS) is 20.9. The van der Waals surface area contributed by atoms with Gasteiger partial charge in [-0.1, -0.05) is 31.2 Å². The third-order valence-electron chi connectivity index (χ3n) is 5.84. The first-order valence-corrected chi connectivity index (χ1v) is 11.3. The molecule has 0 aliphatic carbocycles. The maximum absolute atomic E-state index is 5.51. The Kier molecular flexibility index (Phi) is 10.4. The van der Waals surface area contributed by atoms with Gasteiger partial charge in [-0.15, -0.1) is 35.3 Å². The topological polar surface area (TPSA) is 48.9 Å². The molecule has 1 aliphatic rings. The van der Waals surface area contributed by atoms with E-state index >= 15 is 0 Å². The second kappa shape index (κ2) is 12.5. The first-order chi connectivity index (χ1) is 14.1. The Hall–Kier alpha value is -1.32. The molecule has 1 aliphatic heterocycles. The van der Waals surface area contributed by atoms with E-state index in [0.717, 1.165) is 24.8 Å². The number of guanidine groups is 1. The molecule has 5 nitrogen and oxygen atoms in total. The van der Waals surface area contributed by atoms with Gasteiger partial charge in [-0.05, 0) is 55.4 Å². The second-order valence-electron chi connectivity index (χ2n) is 7.82. The molecule has 1 saturated heterocycles. The predicted molar refractivity (Wildman–Crippen MR) is 139 cm³/mol. The third kappa shape index (κ3) is 6.34. The highest BCUT2D eigenvalue weighted by molar-refractivity contribution is 14.0. The van der Waals surface area contributed by atoms with Crippen molar-refractivity contribution >= 4 is 41.3 Å². The van der Waals surface area contributed by atoms with Crippen LogP contribution >= 0.6 is 35.3 Å². The maximum Gasteiger partial charge on any atom is 0.191 e. The number of para-hydroxylation sites is 1. The standard InChI is InChI=1S/C23H34N4OS.HI/c1-17(19-10-5-6-11-20(19)28-4)15-25-23(24-2)26-16-18-9-7-13-27(3)22(18)21-12-8-14-29-21;/h5-6,8,10-12,14,17-18,22H,7,9,13,15-16H2,1-4H3,(H2,24,25,26);1H. The molecule has 2 aromatic rings. The molecule has 3 unspecified atom stereocenters. The van der Waals surface area contributed by atoms with E-state index in [-0.39, 0.29) is 24.0 Å². The smallest absolute Gasteiger partial charge is 0.191 e. The maximum atomic E-state index is 5.51. The van der Waals surface area contributed by atoms with Gasteiger partial charge in [-0.25, -0.2) is 0 Å². The Balaban J connectivity index is 0.00000320. The number of piperidine rings is 1. The van der Waals surface area contributed by atoms with Gasteiger partial charge in [0.25, 0.3) is 0 Å². The minimum Gasteiger partial charge on any atom is -0.496 e. The highest BCUT2D eigenvalue weighted by Gasteiger charge is 2.31. The summed E-state index contributed by atoms with van der Waals surface area (Å²) in [6.07, 6.45) is 2.50. The van der Waals surface area contributed by atoms with E-state index in [1.54, 1.807) is 7.11 Å². The van der Waals surface area contributed by atoms with Gasteiger partial charge in [0.1, 0.15) is 5.75 Å². The number of methoxy groups -OCH3 is 1. The van der Waals surface area contributed by atoms with Crippen molar-refractivity contribution in [3.05, 3.63) is 52.2 Å². The highest BCUT2D eigenvalue weighted by atomic mass is 127. The number of hydrogen-bond acceptors (Lipinski definition) is 4. The summed E-state index contributed by atoms with van der Waals surface area (Å²) in [5, 5.41) is 9.25. The van der Waals surface area contributed by atoms with Crippen LogP contribution < -0.4 is 15.4 Å². The number of hydrogen-bond donors (Lipinski definition) is 2. The first-order valence-electron chi connectivity index (χ1n) is 10.4. The number of ether oxygens (including phenoxy) is 1. The zero-order chi connectivity index (χ0) is 20.6. The number of benzene rings is 1. The Morgan fingerprint density at radius 2 is 2.07 bits per heavy atom. The lowest BCUT2D eigenvalue weighted by atomic mass is 9.88. The summed E-state index contributed by atoms with van der Waals surface area (Å²) in [7, 11) is 5.82. The fourth-order valence-corrected chi connectivity index (χ4v) is 5.25. The van der Waals surface area contributed by atoms with Crippen LogP contribution in [0.5, 0.6) is 5.75 Å². The van der Waals surface area contributed by atoms with Gasteiger partial charge >= 0.3 is 0 Å². The van der Waals surface area contributed by atoms with E-state index in [0.29, 0.717) is 17.9 Å². The molecule has 166 valence electrons. The second-order valence-corrected chi connectivity index (χ2v) is 8.80. The number of nitrogens with zero attached hydrogens (tertiary/aromatic N) is 2. The number of likely N-dealkylation sites (tertiary alicyclic amines) is 1. The molecule has 0 amide bonds. The molecule has 30 heavy (non-hydrogen) atoms. The molecule has 2 heterocycles. The summed E-state index contributed by atoms with van der Waals surface area (Å²) in [5.74, 6) is 2.71. The van der Waals surface area contributed by atoms with Crippen LogP contribution in [-0.2, 0) is 0 Å². The number of thiophene rings is 1. The molecule has 1 aromatic heterocycles. The summed E-state index contributed by atoms with van der Waals surface area (Å²) in [4.78, 5) is 8.41. The molecular weight excluding hydrogens is 507 g/mol. The van der Waals surface area contributed by atoms with Crippen LogP contribution in [0.1, 0.15) is 42.2 Å². The molecule has 2 N–H and O–H groups in total. The molecule has 0 radical (unpaired) electrons. The van der Waals surface area contributed by atoms with E-state index < -0.39 is 0 Å². The average Bonchev–Trinajstić information content (AvgIpc) is 3.28. The SMILES string of the molecule is CN=C(NCC(C)c1ccccc1OC)NCC1CCCN(C)C1c1cccs1.I. The number of rotatable bonds is 7. The van der Waals surface area contributed by atoms with Gasteiger partial charge in [0.2, 0.25) is 0 Å².